The van der Waals surface area contributed by atoms with Gasteiger partial charge in [-0.15, -0.1) is 0 Å². The predicted molar refractivity (Wildman–Crippen MR) is 65.6 cm³/mol. The second-order valence-electron chi connectivity index (χ2n) is 4.70. The van der Waals surface area contributed by atoms with Crippen molar-refractivity contribution < 1.29 is 197 Å². The number of carboxylic acid groups (broad SMARTS) is 5. The first-order chi connectivity index (χ1) is 11.6. The maximum Gasteiger partial charge on any atom is 1.00 e. The van der Waals surface area contributed by atoms with Gasteiger partial charge in [0.1, 0.15) is 0 Å². The molecule has 0 amide bonds. The van der Waals surface area contributed by atoms with Crippen LogP contribution in [0.4, 0.5) is 0 Å². The SMILES string of the molecule is O=C([O-])c1ccc2c(C(=O)[O-])c(C(=O)[O-])c(C(=O)[O-])c(C(=O)[O-])c2c1.[Na+].[Na+].[Na+].[Na+].[Na+]. The average Bonchev–Trinajstić information content (AvgIpc) is 2.50. The van der Waals surface area contributed by atoms with Gasteiger partial charge in [-0.3, -0.25) is 0 Å². The Kier molecular flexibility index (Phi) is 20.2. The molecule has 2 rings (SSSR count). The molecule has 0 N–H and O–H groups in total. The summed E-state index contributed by atoms with van der Waals surface area (Å²) in [5.74, 6) is -10.8. The molecule has 0 heterocycles. The molecule has 0 radical (unpaired) electrons. The van der Waals surface area contributed by atoms with Gasteiger partial charge in [0.2, 0.25) is 0 Å². The third-order valence-corrected chi connectivity index (χ3v) is 3.36. The van der Waals surface area contributed by atoms with Crippen LogP contribution in [0.15, 0.2) is 18.2 Å². The van der Waals surface area contributed by atoms with E-state index in [0.717, 1.165) is 12.1 Å². The minimum absolute atomic E-state index is 0. The molecule has 10 nitrogen and oxygen atoms in total. The van der Waals surface area contributed by atoms with E-state index in [0.29, 0.717) is 6.07 Å². The molecule has 0 aromatic heterocycles. The van der Waals surface area contributed by atoms with Crippen LogP contribution in [0.3, 0.4) is 0 Å². The van der Waals surface area contributed by atoms with Gasteiger partial charge in [0.25, 0.3) is 0 Å². The van der Waals surface area contributed by atoms with Gasteiger partial charge in [-0.25, -0.2) is 0 Å². The van der Waals surface area contributed by atoms with Gasteiger partial charge < -0.3 is 49.5 Å². The molecule has 15 heteroatoms. The number of fused-ring (bicyclic) bond motifs is 1. The van der Waals surface area contributed by atoms with Crippen LogP contribution in [0.2, 0.25) is 0 Å². The van der Waals surface area contributed by atoms with Gasteiger partial charge in [-0.05, 0) is 22.4 Å². The number of carbonyl (C=O) groups is 5. The summed E-state index contributed by atoms with van der Waals surface area (Å²) in [5.41, 5.74) is -6.13. The first-order valence-corrected chi connectivity index (χ1v) is 6.28. The van der Waals surface area contributed by atoms with Crippen LogP contribution in [0.1, 0.15) is 51.8 Å². The Balaban J connectivity index is -0.000000676. The molecule has 0 aliphatic rings. The van der Waals surface area contributed by atoms with Crippen LogP contribution in [0, 0.1) is 0 Å². The van der Waals surface area contributed by atoms with Crippen molar-refractivity contribution in [3.05, 3.63) is 46.0 Å². The topological polar surface area (TPSA) is 201 Å². The number of hydrogen-bond donors (Lipinski definition) is 0. The number of rotatable bonds is 5. The molecule has 0 aliphatic heterocycles. The summed E-state index contributed by atoms with van der Waals surface area (Å²) in [5, 5.41) is 54.7. The van der Waals surface area contributed by atoms with Crippen molar-refractivity contribution in [3.8, 4) is 0 Å². The van der Waals surface area contributed by atoms with E-state index in [1.807, 2.05) is 0 Å². The van der Waals surface area contributed by atoms with E-state index < -0.39 is 68.4 Å². The molecule has 0 atom stereocenters. The monoisotopic (exact) mass is 458 g/mol. The standard InChI is InChI=1S/C15H8O10.5Na/c16-11(17)4-1-2-5-6(3-4)8(13(20)21)10(15(24)25)9(14(22)23)7(5)12(18)19;;;;;/h1-3H,(H,16,17)(H,18,19)(H,20,21)(H,22,23)(H,24,25);;;;;/q;5*+1/p-5. The summed E-state index contributed by atoms with van der Waals surface area (Å²) in [6.07, 6.45) is 0. The third kappa shape index (κ3) is 7.82. The zero-order valence-electron chi connectivity index (χ0n) is 16.8. The van der Waals surface area contributed by atoms with Crippen LogP contribution in [-0.2, 0) is 0 Å². The molecule has 0 saturated heterocycles. The minimum Gasteiger partial charge on any atom is -0.545 e. The van der Waals surface area contributed by atoms with E-state index in [9.17, 15) is 49.5 Å². The van der Waals surface area contributed by atoms with Gasteiger partial charge in [-0.2, -0.15) is 0 Å². The molecule has 0 fully saturated rings. The second-order valence-corrected chi connectivity index (χ2v) is 4.70. The number of benzene rings is 2. The first kappa shape index (κ1) is 38.3. The largest absolute Gasteiger partial charge is 1.00 e. The molecule has 0 spiro atoms. The minimum atomic E-state index is -2.35. The molecule has 0 aliphatic carbocycles. The van der Waals surface area contributed by atoms with Crippen molar-refractivity contribution in [1.82, 2.24) is 0 Å². The second kappa shape index (κ2) is 15.8. The van der Waals surface area contributed by atoms with Crippen molar-refractivity contribution in [1.29, 1.82) is 0 Å². The summed E-state index contributed by atoms with van der Waals surface area (Å²) in [6, 6.07) is 2.18. The maximum absolute atomic E-state index is 11.3. The quantitative estimate of drug-likeness (QED) is 0.387. The molecular formula is C15H3Na5O10. The van der Waals surface area contributed by atoms with Crippen molar-refractivity contribution in [2.45, 2.75) is 0 Å². The van der Waals surface area contributed by atoms with Gasteiger partial charge in [0.15, 0.2) is 0 Å². The van der Waals surface area contributed by atoms with Gasteiger partial charge in [0.05, 0.1) is 29.8 Å². The molecule has 0 bridgehead atoms. The van der Waals surface area contributed by atoms with Crippen molar-refractivity contribution >= 4 is 40.6 Å². The van der Waals surface area contributed by atoms with Crippen LogP contribution in [0.25, 0.3) is 10.8 Å². The summed E-state index contributed by atoms with van der Waals surface area (Å²) in [4.78, 5) is 56.0. The van der Waals surface area contributed by atoms with E-state index in [1.165, 1.54) is 0 Å². The van der Waals surface area contributed by atoms with Gasteiger partial charge in [0, 0.05) is 22.3 Å². The van der Waals surface area contributed by atoms with Crippen molar-refractivity contribution in [2.24, 2.45) is 0 Å². The summed E-state index contributed by atoms with van der Waals surface area (Å²) in [7, 11) is 0. The fraction of sp³-hybridized carbons (Fsp3) is 0. The smallest absolute Gasteiger partial charge is 0.545 e. The zero-order valence-corrected chi connectivity index (χ0v) is 26.8. The van der Waals surface area contributed by atoms with Crippen LogP contribution >= 0.6 is 0 Å². The summed E-state index contributed by atoms with van der Waals surface area (Å²) < 4.78 is 0. The fourth-order valence-corrected chi connectivity index (χ4v) is 2.45. The molecule has 128 valence electrons. The van der Waals surface area contributed by atoms with Crippen LogP contribution < -0.4 is 173 Å². The van der Waals surface area contributed by atoms with Crippen LogP contribution in [-0.4, -0.2) is 29.8 Å². The third-order valence-electron chi connectivity index (χ3n) is 3.36. The Hall–Kier alpha value is 1.05. The summed E-state index contributed by atoms with van der Waals surface area (Å²) >= 11 is 0. The number of carboxylic acids is 5. The Morgan fingerprint density at radius 1 is 0.467 bits per heavy atom. The number of carbonyl (C=O) groups excluding carboxylic acids is 5. The Bertz CT molecular complexity index is 1010. The Labute approximate surface area is 279 Å². The molecular weight excluding hydrogens is 455 g/mol. The zero-order chi connectivity index (χ0) is 19.0. The maximum atomic E-state index is 11.3. The van der Waals surface area contributed by atoms with Gasteiger partial charge >= 0.3 is 148 Å². The van der Waals surface area contributed by atoms with E-state index in [-0.39, 0.29) is 148 Å². The van der Waals surface area contributed by atoms with E-state index in [1.54, 1.807) is 0 Å². The van der Waals surface area contributed by atoms with E-state index in [4.69, 9.17) is 0 Å². The van der Waals surface area contributed by atoms with Crippen molar-refractivity contribution in [2.75, 3.05) is 0 Å². The Morgan fingerprint density at radius 2 is 0.800 bits per heavy atom. The molecule has 2 aromatic rings. The van der Waals surface area contributed by atoms with Gasteiger partial charge in [-0.1, -0.05) is 12.1 Å². The molecule has 0 unspecified atom stereocenters. The number of hydrogen-bond acceptors (Lipinski definition) is 10. The van der Waals surface area contributed by atoms with Crippen LogP contribution in [0.5, 0.6) is 0 Å². The fourth-order valence-electron chi connectivity index (χ4n) is 2.45. The van der Waals surface area contributed by atoms with Crippen molar-refractivity contribution in [3.63, 3.8) is 0 Å². The van der Waals surface area contributed by atoms with E-state index in [2.05, 4.69) is 0 Å². The average molecular weight is 458 g/mol. The Morgan fingerprint density at radius 3 is 1.10 bits per heavy atom. The molecule has 0 saturated carbocycles. The molecule has 30 heavy (non-hydrogen) atoms. The molecule has 2 aromatic carbocycles. The normalized spacial score (nSPS) is 8.67. The van der Waals surface area contributed by atoms with E-state index >= 15 is 0 Å². The number of aromatic carboxylic acids is 5. The first-order valence-electron chi connectivity index (χ1n) is 6.28. The predicted octanol–water partition coefficient (Wildman–Crippen LogP) is -20.3. The summed E-state index contributed by atoms with van der Waals surface area (Å²) in [6.45, 7) is 0.